The van der Waals surface area contributed by atoms with E-state index < -0.39 is 0 Å². The van der Waals surface area contributed by atoms with E-state index in [1.165, 1.54) is 17.2 Å². The first-order valence-corrected chi connectivity index (χ1v) is 12.3. The third kappa shape index (κ3) is 5.05. The molecule has 3 aromatic rings. The molecular weight excluding hydrogens is 444 g/mol. The van der Waals surface area contributed by atoms with Crippen LogP contribution in [0, 0.1) is 10.8 Å². The van der Waals surface area contributed by atoms with Gasteiger partial charge in [0.05, 0.1) is 17.8 Å². The van der Waals surface area contributed by atoms with Crippen molar-refractivity contribution in [2.75, 3.05) is 5.32 Å². The van der Waals surface area contributed by atoms with Gasteiger partial charge in [-0.15, -0.1) is 5.10 Å². The number of anilines is 1. The molecule has 2 heterocycles. The molecule has 180 valence electrons. The lowest BCUT2D eigenvalue weighted by Crippen LogP contribution is -2.45. The van der Waals surface area contributed by atoms with Crippen LogP contribution in [0.5, 0.6) is 0 Å². The fourth-order valence-electron chi connectivity index (χ4n) is 5.28. The molecule has 1 aliphatic carbocycles. The highest BCUT2D eigenvalue weighted by atomic mass is 35.5. The lowest BCUT2D eigenvalue weighted by atomic mass is 9.72. The number of hydrogen-bond donors (Lipinski definition) is 1. The van der Waals surface area contributed by atoms with E-state index >= 15 is 0 Å². The van der Waals surface area contributed by atoms with E-state index in [2.05, 4.69) is 87.4 Å². The quantitative estimate of drug-likeness (QED) is 0.452. The minimum Gasteiger partial charge on any atom is -0.365 e. The van der Waals surface area contributed by atoms with Crippen LogP contribution >= 0.6 is 11.6 Å². The molecular formula is C28H35ClN4O. The molecule has 2 aromatic heterocycles. The zero-order valence-electron chi connectivity index (χ0n) is 21.0. The van der Waals surface area contributed by atoms with Crippen LogP contribution in [0.25, 0.3) is 0 Å². The van der Waals surface area contributed by atoms with Crippen LogP contribution in [-0.2, 0) is 12.0 Å². The van der Waals surface area contributed by atoms with E-state index in [1.54, 1.807) is 23.0 Å². The summed E-state index contributed by atoms with van der Waals surface area (Å²) in [5.74, 6) is 0.879. The molecule has 1 aromatic carbocycles. The average molecular weight is 479 g/mol. The Labute approximate surface area is 207 Å². The molecule has 4 rings (SSSR count). The van der Waals surface area contributed by atoms with Crippen LogP contribution in [0.3, 0.4) is 0 Å². The van der Waals surface area contributed by atoms with Crippen molar-refractivity contribution in [3.63, 3.8) is 0 Å². The van der Waals surface area contributed by atoms with Crippen molar-refractivity contribution in [1.82, 2.24) is 14.8 Å². The summed E-state index contributed by atoms with van der Waals surface area (Å²) in [6.45, 7) is 14.1. The van der Waals surface area contributed by atoms with Crippen molar-refractivity contribution in [2.45, 2.75) is 72.4 Å². The van der Waals surface area contributed by atoms with E-state index in [0.717, 1.165) is 24.2 Å². The van der Waals surface area contributed by atoms with Gasteiger partial charge in [0.2, 0.25) is 0 Å². The van der Waals surface area contributed by atoms with Crippen LogP contribution < -0.4 is 10.9 Å². The zero-order chi connectivity index (χ0) is 24.7. The second-order valence-electron chi connectivity index (χ2n) is 11.7. The van der Waals surface area contributed by atoms with Crippen LogP contribution in [0.15, 0.2) is 59.7 Å². The van der Waals surface area contributed by atoms with Gasteiger partial charge in [-0.05, 0) is 46.9 Å². The molecule has 0 aliphatic heterocycles. The Bertz CT molecular complexity index is 1200. The smallest absolute Gasteiger partial charge is 0.250 e. The molecule has 1 fully saturated rings. The Balaban J connectivity index is 1.62. The Morgan fingerprint density at radius 1 is 1.00 bits per heavy atom. The largest absolute Gasteiger partial charge is 0.365 e. The van der Waals surface area contributed by atoms with Gasteiger partial charge in [-0.1, -0.05) is 77.4 Å². The number of aromatic nitrogens is 3. The number of hydrogen-bond acceptors (Lipinski definition) is 4. The fourth-order valence-corrected chi connectivity index (χ4v) is 5.46. The summed E-state index contributed by atoms with van der Waals surface area (Å²) in [6.07, 6.45) is 5.64. The van der Waals surface area contributed by atoms with Crippen molar-refractivity contribution in [1.29, 1.82) is 0 Å². The minimum absolute atomic E-state index is 0.0516. The molecule has 34 heavy (non-hydrogen) atoms. The van der Waals surface area contributed by atoms with Gasteiger partial charge in [0.15, 0.2) is 5.82 Å². The van der Waals surface area contributed by atoms with E-state index in [0.29, 0.717) is 11.6 Å². The predicted octanol–water partition coefficient (Wildman–Crippen LogP) is 6.29. The molecule has 0 bridgehead atoms. The predicted molar refractivity (Wildman–Crippen MR) is 140 cm³/mol. The van der Waals surface area contributed by atoms with Crippen LogP contribution in [0.4, 0.5) is 5.82 Å². The Hall–Kier alpha value is -2.66. The summed E-state index contributed by atoms with van der Waals surface area (Å²) >= 11 is 6.07. The van der Waals surface area contributed by atoms with Crippen LogP contribution in [0.2, 0.25) is 5.02 Å². The topological polar surface area (TPSA) is 59.8 Å². The normalized spacial score (nSPS) is 15.4. The third-order valence-corrected chi connectivity index (χ3v) is 7.03. The lowest BCUT2D eigenvalue weighted by Gasteiger charge is -2.42. The molecule has 1 aliphatic rings. The van der Waals surface area contributed by atoms with Gasteiger partial charge in [-0.2, -0.15) is 5.10 Å². The Morgan fingerprint density at radius 3 is 2.24 bits per heavy atom. The third-order valence-electron chi connectivity index (χ3n) is 6.81. The number of nitrogens with one attached hydrogen (secondary N) is 1. The second kappa shape index (κ2) is 8.84. The number of pyridine rings is 1. The van der Waals surface area contributed by atoms with Crippen LogP contribution in [-0.4, -0.2) is 20.8 Å². The van der Waals surface area contributed by atoms with Crippen molar-refractivity contribution in [3.8, 4) is 0 Å². The molecule has 1 N–H and O–H groups in total. The molecule has 0 radical (unpaired) electrons. The first-order chi connectivity index (χ1) is 15.9. The van der Waals surface area contributed by atoms with Crippen molar-refractivity contribution < 1.29 is 0 Å². The summed E-state index contributed by atoms with van der Waals surface area (Å²) in [5.41, 5.74) is 3.56. The summed E-state index contributed by atoms with van der Waals surface area (Å²) in [4.78, 5) is 12.1. The highest BCUT2D eigenvalue weighted by Crippen LogP contribution is 2.55. The summed E-state index contributed by atoms with van der Waals surface area (Å²) in [7, 11) is 0. The molecule has 0 spiro atoms. The van der Waals surface area contributed by atoms with Gasteiger partial charge in [-0.3, -0.25) is 4.79 Å². The summed E-state index contributed by atoms with van der Waals surface area (Å²) in [5, 5.41) is 13.1. The number of benzene rings is 1. The van der Waals surface area contributed by atoms with Crippen molar-refractivity contribution in [2.24, 2.45) is 10.8 Å². The van der Waals surface area contributed by atoms with Gasteiger partial charge >= 0.3 is 0 Å². The van der Waals surface area contributed by atoms with Crippen molar-refractivity contribution in [3.05, 3.63) is 86.9 Å². The Kier molecular flexibility index (Phi) is 6.36. The SMILES string of the molecule is CC(C)(C)C(Nc1nnccc1C1(c2ccc(Cn3cc(Cl)ccc3=O)cc2)CC1)C(C)(C)C. The van der Waals surface area contributed by atoms with Gasteiger partial charge in [0.1, 0.15) is 0 Å². The number of nitrogens with zero attached hydrogens (tertiary/aromatic N) is 3. The van der Waals surface area contributed by atoms with Gasteiger partial charge < -0.3 is 9.88 Å². The molecule has 5 nitrogen and oxygen atoms in total. The molecule has 1 saturated carbocycles. The lowest BCUT2D eigenvalue weighted by molar-refractivity contribution is 0.197. The molecule has 6 heteroatoms. The maximum atomic E-state index is 12.1. The monoisotopic (exact) mass is 478 g/mol. The van der Waals surface area contributed by atoms with Gasteiger partial charge in [0.25, 0.3) is 5.56 Å². The summed E-state index contributed by atoms with van der Waals surface area (Å²) in [6, 6.07) is 14.1. The fraction of sp³-hybridized carbons (Fsp3) is 0.464. The number of halogens is 1. The highest BCUT2D eigenvalue weighted by molar-refractivity contribution is 6.30. The highest BCUT2D eigenvalue weighted by Gasteiger charge is 2.48. The van der Waals surface area contributed by atoms with Crippen LogP contribution in [0.1, 0.15) is 71.1 Å². The van der Waals surface area contributed by atoms with Gasteiger partial charge in [-0.25, -0.2) is 0 Å². The first-order valence-electron chi connectivity index (χ1n) is 11.9. The molecule has 0 unspecified atom stereocenters. The number of rotatable bonds is 6. The molecule has 0 atom stereocenters. The minimum atomic E-state index is -0.0574. The standard InChI is InChI=1S/C28H35ClN4O/c1-26(2,3)25(27(4,5)6)31-24-22(13-16-30-32-24)28(14-15-28)20-9-7-19(8-10-20)17-33-18-21(29)11-12-23(33)34/h7-13,16,18,25H,14-15,17H2,1-6H3,(H,31,32). The maximum absolute atomic E-state index is 12.1. The second-order valence-corrected chi connectivity index (χ2v) is 12.1. The van der Waals surface area contributed by atoms with E-state index in [4.69, 9.17) is 11.6 Å². The van der Waals surface area contributed by atoms with Gasteiger partial charge in [0, 0.05) is 29.3 Å². The Morgan fingerprint density at radius 2 is 1.65 bits per heavy atom. The summed E-state index contributed by atoms with van der Waals surface area (Å²) < 4.78 is 1.64. The zero-order valence-corrected chi connectivity index (χ0v) is 21.8. The maximum Gasteiger partial charge on any atom is 0.250 e. The van der Waals surface area contributed by atoms with E-state index in [1.807, 2.05) is 0 Å². The molecule has 0 saturated heterocycles. The molecule has 0 amide bonds. The van der Waals surface area contributed by atoms with Crippen molar-refractivity contribution >= 4 is 17.4 Å². The van der Waals surface area contributed by atoms with E-state index in [9.17, 15) is 4.79 Å². The average Bonchev–Trinajstić information content (AvgIpc) is 3.56. The van der Waals surface area contributed by atoms with E-state index in [-0.39, 0.29) is 27.8 Å². The first kappa shape index (κ1) is 24.5.